The van der Waals surface area contributed by atoms with E-state index in [9.17, 15) is 4.79 Å². The summed E-state index contributed by atoms with van der Waals surface area (Å²) in [7, 11) is 0. The number of furan rings is 1. The lowest BCUT2D eigenvalue weighted by molar-refractivity contribution is -0.154. The van der Waals surface area contributed by atoms with Gasteiger partial charge in [0.1, 0.15) is 23.6 Å². The number of aromatic nitrogens is 2. The first-order valence-electron chi connectivity index (χ1n) is 10.5. The van der Waals surface area contributed by atoms with E-state index in [0.717, 1.165) is 42.2 Å². The highest BCUT2D eigenvalue weighted by Crippen LogP contribution is 2.34. The summed E-state index contributed by atoms with van der Waals surface area (Å²) in [5, 5.41) is 0.788. The van der Waals surface area contributed by atoms with Crippen LogP contribution in [0.3, 0.4) is 0 Å². The van der Waals surface area contributed by atoms with Crippen molar-refractivity contribution in [3.05, 3.63) is 42.4 Å². The lowest BCUT2D eigenvalue weighted by atomic mass is 10.0. The van der Waals surface area contributed by atoms with Crippen molar-refractivity contribution in [3.63, 3.8) is 0 Å². The molecule has 2 aromatic heterocycles. The summed E-state index contributed by atoms with van der Waals surface area (Å²) in [6, 6.07) is 8.39. The zero-order chi connectivity index (χ0) is 21.6. The van der Waals surface area contributed by atoms with Gasteiger partial charge in [-0.3, -0.25) is 4.79 Å². The number of hydrogen-bond donors (Lipinski definition) is 0. The molecule has 3 rings (SSSR count). The van der Waals surface area contributed by atoms with Gasteiger partial charge in [-0.2, -0.15) is 0 Å². The van der Waals surface area contributed by atoms with Crippen molar-refractivity contribution < 1.29 is 18.7 Å². The number of hydrogen-bond acceptors (Lipinski definition) is 6. The number of carbonyl (C=O) groups excluding carboxylic acids is 1. The van der Waals surface area contributed by atoms with Crippen molar-refractivity contribution in [2.45, 2.75) is 65.4 Å². The molecule has 0 aliphatic carbocycles. The van der Waals surface area contributed by atoms with Gasteiger partial charge in [-0.1, -0.05) is 31.2 Å². The third-order valence-electron chi connectivity index (χ3n) is 4.69. The van der Waals surface area contributed by atoms with Crippen LogP contribution in [-0.2, 0) is 16.0 Å². The summed E-state index contributed by atoms with van der Waals surface area (Å²) >= 11 is 0. The smallest absolute Gasteiger partial charge is 0.306 e. The zero-order valence-corrected chi connectivity index (χ0v) is 18.2. The minimum atomic E-state index is -0.433. The van der Waals surface area contributed by atoms with Crippen molar-refractivity contribution in [2.75, 3.05) is 6.61 Å². The molecule has 0 saturated heterocycles. The second-order valence-electron chi connectivity index (χ2n) is 8.30. The van der Waals surface area contributed by atoms with E-state index in [4.69, 9.17) is 13.9 Å². The second kappa shape index (κ2) is 9.74. The first kappa shape index (κ1) is 21.8. The van der Waals surface area contributed by atoms with Crippen LogP contribution in [0.1, 0.15) is 58.9 Å². The Morgan fingerprint density at radius 2 is 1.83 bits per heavy atom. The molecular formula is C24H30N2O4. The average molecular weight is 411 g/mol. The van der Waals surface area contributed by atoms with Gasteiger partial charge in [0.2, 0.25) is 11.6 Å². The zero-order valence-electron chi connectivity index (χ0n) is 18.2. The molecule has 0 saturated carbocycles. The Labute approximate surface area is 177 Å². The van der Waals surface area contributed by atoms with Gasteiger partial charge in [0.15, 0.2) is 0 Å². The van der Waals surface area contributed by atoms with E-state index in [2.05, 4.69) is 41.2 Å². The average Bonchev–Trinajstić information content (AvgIpc) is 3.14. The number of nitrogens with zero attached hydrogens (tertiary/aromatic N) is 2. The van der Waals surface area contributed by atoms with E-state index in [-0.39, 0.29) is 5.97 Å². The van der Waals surface area contributed by atoms with E-state index in [1.807, 2.05) is 20.8 Å². The van der Waals surface area contributed by atoms with Crippen molar-refractivity contribution in [1.82, 2.24) is 9.97 Å². The van der Waals surface area contributed by atoms with Crippen LogP contribution in [0.5, 0.6) is 5.88 Å². The quantitative estimate of drug-likeness (QED) is 0.331. The van der Waals surface area contributed by atoms with E-state index >= 15 is 0 Å². The first-order chi connectivity index (χ1) is 14.4. The van der Waals surface area contributed by atoms with Crippen molar-refractivity contribution >= 4 is 17.1 Å². The fraction of sp³-hybridized carbons (Fsp3) is 0.458. The molecule has 0 N–H and O–H groups in total. The molecule has 0 aliphatic heterocycles. The van der Waals surface area contributed by atoms with Crippen LogP contribution in [0.25, 0.3) is 22.2 Å². The summed E-state index contributed by atoms with van der Waals surface area (Å²) in [4.78, 5) is 20.3. The van der Waals surface area contributed by atoms with Gasteiger partial charge in [0, 0.05) is 12.0 Å². The molecule has 0 radical (unpaired) electrons. The summed E-state index contributed by atoms with van der Waals surface area (Å²) < 4.78 is 16.9. The summed E-state index contributed by atoms with van der Waals surface area (Å²) in [6.07, 6.45) is 7.06. The number of benzene rings is 1. The molecule has 3 aromatic rings. The van der Waals surface area contributed by atoms with Gasteiger partial charge >= 0.3 is 5.97 Å². The van der Waals surface area contributed by atoms with Crippen molar-refractivity contribution in [1.29, 1.82) is 0 Å². The molecule has 6 heteroatoms. The van der Waals surface area contributed by atoms with Crippen LogP contribution >= 0.6 is 0 Å². The Kier molecular flexibility index (Phi) is 7.08. The highest BCUT2D eigenvalue weighted by atomic mass is 16.6. The predicted molar refractivity (Wildman–Crippen MR) is 116 cm³/mol. The fourth-order valence-corrected chi connectivity index (χ4v) is 3.20. The number of aryl methyl sites for hydroxylation is 1. The Bertz CT molecular complexity index is 971. The number of rotatable bonds is 9. The van der Waals surface area contributed by atoms with E-state index in [1.165, 1.54) is 11.9 Å². The van der Waals surface area contributed by atoms with Gasteiger partial charge in [-0.15, -0.1) is 0 Å². The van der Waals surface area contributed by atoms with Gasteiger partial charge in [-0.05, 0) is 57.6 Å². The molecule has 160 valence electrons. The monoisotopic (exact) mass is 410 g/mol. The highest BCUT2D eigenvalue weighted by molar-refractivity contribution is 5.95. The third kappa shape index (κ3) is 5.81. The number of esters is 1. The normalized spacial score (nSPS) is 11.6. The van der Waals surface area contributed by atoms with Crippen LogP contribution in [0, 0.1) is 0 Å². The molecule has 1 aromatic carbocycles. The number of unbranched alkanes of at least 4 members (excludes halogenated alkanes) is 2. The number of fused-ring (bicyclic) bond motifs is 1. The molecule has 0 bridgehead atoms. The minimum Gasteiger partial charge on any atom is -0.477 e. The van der Waals surface area contributed by atoms with E-state index in [0.29, 0.717) is 24.6 Å². The van der Waals surface area contributed by atoms with E-state index in [1.54, 1.807) is 6.26 Å². The number of ether oxygens (including phenoxy) is 2. The summed E-state index contributed by atoms with van der Waals surface area (Å²) in [5.74, 6) is 0.369. The van der Waals surface area contributed by atoms with Crippen LogP contribution in [-0.4, -0.2) is 28.1 Å². The Morgan fingerprint density at radius 3 is 2.53 bits per heavy atom. The lowest BCUT2D eigenvalue weighted by Gasteiger charge is -2.19. The highest BCUT2D eigenvalue weighted by Gasteiger charge is 2.17. The Morgan fingerprint density at radius 1 is 1.07 bits per heavy atom. The molecule has 0 spiro atoms. The molecular weight excluding hydrogens is 380 g/mol. The molecule has 0 unspecified atom stereocenters. The standard InChI is InChI=1S/C24H30N2O4/c1-5-17-10-12-18(13-11-17)19-15-29-23-21(19)22(25-16-26-23)28-14-8-6-7-9-20(27)30-24(2,3)4/h10-13,15-16H,5-9,14H2,1-4H3. The number of carbonyl (C=O) groups is 1. The van der Waals surface area contributed by atoms with Gasteiger partial charge in [0.05, 0.1) is 6.61 Å². The predicted octanol–water partition coefficient (Wildman–Crippen LogP) is 5.73. The van der Waals surface area contributed by atoms with E-state index < -0.39 is 5.60 Å². The third-order valence-corrected chi connectivity index (χ3v) is 4.69. The van der Waals surface area contributed by atoms with Crippen LogP contribution in [0.15, 0.2) is 41.3 Å². The maximum Gasteiger partial charge on any atom is 0.306 e. The topological polar surface area (TPSA) is 74.5 Å². The molecule has 30 heavy (non-hydrogen) atoms. The largest absolute Gasteiger partial charge is 0.477 e. The van der Waals surface area contributed by atoms with Crippen LogP contribution in [0.2, 0.25) is 0 Å². The molecule has 0 fully saturated rings. The summed E-state index contributed by atoms with van der Waals surface area (Å²) in [6.45, 7) is 8.28. The molecule has 0 amide bonds. The molecule has 0 atom stereocenters. The van der Waals surface area contributed by atoms with Crippen molar-refractivity contribution in [3.8, 4) is 17.0 Å². The second-order valence-corrected chi connectivity index (χ2v) is 8.30. The molecule has 2 heterocycles. The van der Waals surface area contributed by atoms with Crippen molar-refractivity contribution in [2.24, 2.45) is 0 Å². The lowest BCUT2D eigenvalue weighted by Crippen LogP contribution is -2.23. The van der Waals surface area contributed by atoms with Gasteiger partial charge < -0.3 is 13.9 Å². The van der Waals surface area contributed by atoms with Gasteiger partial charge in [-0.25, -0.2) is 9.97 Å². The van der Waals surface area contributed by atoms with Gasteiger partial charge in [0.25, 0.3) is 0 Å². The maximum atomic E-state index is 11.8. The Balaban J connectivity index is 1.57. The summed E-state index contributed by atoms with van der Waals surface area (Å²) in [5.41, 5.74) is 3.33. The van der Waals surface area contributed by atoms with Crippen LogP contribution in [0.4, 0.5) is 0 Å². The fourth-order valence-electron chi connectivity index (χ4n) is 3.20. The SMILES string of the molecule is CCc1ccc(-c2coc3ncnc(OCCCCCC(=O)OC(C)(C)C)c23)cc1. The maximum absolute atomic E-state index is 11.8. The first-order valence-corrected chi connectivity index (χ1v) is 10.5. The molecule has 6 nitrogen and oxygen atoms in total. The Hall–Kier alpha value is -2.89. The van der Waals surface area contributed by atoms with Crippen LogP contribution < -0.4 is 4.74 Å². The minimum absolute atomic E-state index is 0.155. The molecule has 0 aliphatic rings.